The molecule has 0 radical (unpaired) electrons. The van der Waals surface area contributed by atoms with Crippen molar-refractivity contribution in [2.75, 3.05) is 23.4 Å². The molecule has 1 amide bonds. The van der Waals surface area contributed by atoms with E-state index in [1.54, 1.807) is 30.1 Å². The minimum absolute atomic E-state index is 0.0221. The van der Waals surface area contributed by atoms with Crippen molar-refractivity contribution in [2.45, 2.75) is 26.0 Å². The van der Waals surface area contributed by atoms with Crippen molar-refractivity contribution in [2.24, 2.45) is 0 Å². The van der Waals surface area contributed by atoms with E-state index in [0.29, 0.717) is 11.6 Å². The molecule has 2 heterocycles. The van der Waals surface area contributed by atoms with Gasteiger partial charge in [0.1, 0.15) is 5.69 Å². The first-order valence-corrected chi connectivity index (χ1v) is 7.56. The van der Waals surface area contributed by atoms with E-state index in [9.17, 15) is 4.79 Å². The zero-order valence-electron chi connectivity index (χ0n) is 11.2. The van der Waals surface area contributed by atoms with E-state index in [4.69, 9.17) is 4.74 Å². The summed E-state index contributed by atoms with van der Waals surface area (Å²) in [5.41, 5.74) is 0.624. The molecule has 1 aromatic heterocycles. The Labute approximate surface area is 117 Å². The second-order valence-corrected chi connectivity index (χ2v) is 5.74. The summed E-state index contributed by atoms with van der Waals surface area (Å²) in [5.74, 6) is 2.29. The fourth-order valence-corrected chi connectivity index (χ4v) is 2.69. The van der Waals surface area contributed by atoms with E-state index in [1.807, 2.05) is 13.8 Å². The van der Waals surface area contributed by atoms with Gasteiger partial charge in [-0.05, 0) is 26.0 Å². The number of amides is 1. The maximum atomic E-state index is 12.1. The molecule has 1 unspecified atom stereocenters. The number of carbonyl (C=O) groups excluding carboxylic acids is 1. The van der Waals surface area contributed by atoms with Gasteiger partial charge in [0.25, 0.3) is 0 Å². The number of thioether (sulfide) groups is 1. The normalized spacial score (nSPS) is 19.2. The second-order valence-electron chi connectivity index (χ2n) is 4.59. The van der Waals surface area contributed by atoms with Crippen molar-refractivity contribution in [3.8, 4) is 5.88 Å². The lowest BCUT2D eigenvalue weighted by Gasteiger charge is -2.22. The molecule has 2 N–H and O–H groups in total. The van der Waals surface area contributed by atoms with Crippen LogP contribution in [0.5, 0.6) is 5.88 Å². The van der Waals surface area contributed by atoms with Gasteiger partial charge < -0.3 is 15.4 Å². The van der Waals surface area contributed by atoms with Crippen LogP contribution in [0.25, 0.3) is 0 Å². The van der Waals surface area contributed by atoms with Crippen LogP contribution in [0.4, 0.5) is 5.69 Å². The van der Waals surface area contributed by atoms with Gasteiger partial charge in [0.15, 0.2) is 0 Å². The van der Waals surface area contributed by atoms with E-state index in [0.717, 1.165) is 18.1 Å². The van der Waals surface area contributed by atoms with Gasteiger partial charge in [-0.3, -0.25) is 4.79 Å². The molecule has 0 aliphatic carbocycles. The van der Waals surface area contributed by atoms with Crippen molar-refractivity contribution in [3.05, 3.63) is 18.3 Å². The molecule has 1 aromatic rings. The predicted molar refractivity (Wildman–Crippen MR) is 77.7 cm³/mol. The first-order valence-electron chi connectivity index (χ1n) is 6.40. The van der Waals surface area contributed by atoms with Crippen LogP contribution < -0.4 is 15.4 Å². The molecule has 104 valence electrons. The largest absolute Gasteiger partial charge is 0.473 e. The van der Waals surface area contributed by atoms with E-state index in [1.165, 1.54) is 0 Å². The number of nitrogens with one attached hydrogen (secondary N) is 2. The quantitative estimate of drug-likeness (QED) is 0.876. The summed E-state index contributed by atoms with van der Waals surface area (Å²) in [5, 5.41) is 6.09. The minimum Gasteiger partial charge on any atom is -0.473 e. The summed E-state index contributed by atoms with van der Waals surface area (Å²) in [6, 6.07) is 3.44. The zero-order valence-corrected chi connectivity index (χ0v) is 12.0. The van der Waals surface area contributed by atoms with Crippen LogP contribution in [0.15, 0.2) is 18.3 Å². The second kappa shape index (κ2) is 6.77. The maximum absolute atomic E-state index is 12.1. The Balaban J connectivity index is 2.03. The number of hydrogen-bond acceptors (Lipinski definition) is 5. The van der Waals surface area contributed by atoms with Crippen LogP contribution in [-0.4, -0.2) is 41.1 Å². The summed E-state index contributed by atoms with van der Waals surface area (Å²) in [6.45, 7) is 4.73. The first-order chi connectivity index (χ1) is 9.16. The molecule has 0 saturated carbocycles. The third-order valence-electron chi connectivity index (χ3n) is 2.61. The highest BCUT2D eigenvalue weighted by Crippen LogP contribution is 2.22. The maximum Gasteiger partial charge on any atom is 0.242 e. The third kappa shape index (κ3) is 4.11. The lowest BCUT2D eigenvalue weighted by atomic mass is 10.3. The number of carbonyl (C=O) groups is 1. The molecule has 19 heavy (non-hydrogen) atoms. The molecule has 1 saturated heterocycles. The van der Waals surface area contributed by atoms with E-state index in [2.05, 4.69) is 15.6 Å². The summed E-state index contributed by atoms with van der Waals surface area (Å²) >= 11 is 1.79. The fourth-order valence-electron chi connectivity index (χ4n) is 1.76. The molecule has 1 fully saturated rings. The van der Waals surface area contributed by atoms with Crippen molar-refractivity contribution in [1.29, 1.82) is 0 Å². The van der Waals surface area contributed by atoms with Gasteiger partial charge in [-0.2, -0.15) is 11.8 Å². The molecule has 6 heteroatoms. The molecule has 0 bridgehead atoms. The summed E-state index contributed by atoms with van der Waals surface area (Å²) in [4.78, 5) is 16.3. The molecule has 1 aliphatic heterocycles. The molecule has 0 aromatic carbocycles. The smallest absolute Gasteiger partial charge is 0.242 e. The monoisotopic (exact) mass is 281 g/mol. The summed E-state index contributed by atoms with van der Waals surface area (Å²) in [6.07, 6.45) is 1.68. The Morgan fingerprint density at radius 3 is 3.16 bits per heavy atom. The zero-order chi connectivity index (χ0) is 13.7. The fraction of sp³-hybridized carbons (Fsp3) is 0.538. The standard InChI is InChI=1S/C13H19N3O2S/c1-9(2)18-13-10(4-3-5-15-13)16-12(17)11-8-19-7-6-14-11/h3-5,9,11,14H,6-8H2,1-2H3,(H,16,17). The number of hydrogen-bond donors (Lipinski definition) is 2. The lowest BCUT2D eigenvalue weighted by Crippen LogP contribution is -2.46. The number of rotatable bonds is 4. The topological polar surface area (TPSA) is 63.2 Å². The summed E-state index contributed by atoms with van der Waals surface area (Å²) in [7, 11) is 0. The van der Waals surface area contributed by atoms with Gasteiger partial charge in [-0.25, -0.2) is 4.98 Å². The minimum atomic E-state index is -0.147. The van der Waals surface area contributed by atoms with Crippen LogP contribution >= 0.6 is 11.8 Å². The Morgan fingerprint density at radius 2 is 2.47 bits per heavy atom. The molecule has 2 rings (SSSR count). The van der Waals surface area contributed by atoms with Gasteiger partial charge in [0, 0.05) is 24.2 Å². The predicted octanol–water partition coefficient (Wildman–Crippen LogP) is 1.51. The van der Waals surface area contributed by atoms with Crippen molar-refractivity contribution in [1.82, 2.24) is 10.3 Å². The van der Waals surface area contributed by atoms with Gasteiger partial charge >= 0.3 is 0 Å². The number of nitrogens with zero attached hydrogens (tertiary/aromatic N) is 1. The Morgan fingerprint density at radius 1 is 1.63 bits per heavy atom. The van der Waals surface area contributed by atoms with Gasteiger partial charge in [-0.15, -0.1) is 0 Å². The SMILES string of the molecule is CC(C)Oc1ncccc1NC(=O)C1CSCCN1. The highest BCUT2D eigenvalue weighted by atomic mass is 32.2. The number of aromatic nitrogens is 1. The Hall–Kier alpha value is -1.27. The first kappa shape index (κ1) is 14.1. The van der Waals surface area contributed by atoms with E-state index in [-0.39, 0.29) is 18.1 Å². The number of ether oxygens (including phenoxy) is 1. The van der Waals surface area contributed by atoms with Crippen LogP contribution in [0.3, 0.4) is 0 Å². The van der Waals surface area contributed by atoms with Crippen molar-refractivity contribution >= 4 is 23.4 Å². The van der Waals surface area contributed by atoms with Crippen LogP contribution in [0.2, 0.25) is 0 Å². The van der Waals surface area contributed by atoms with Crippen molar-refractivity contribution in [3.63, 3.8) is 0 Å². The van der Waals surface area contributed by atoms with Gasteiger partial charge in [0.2, 0.25) is 11.8 Å². The highest BCUT2D eigenvalue weighted by Gasteiger charge is 2.22. The highest BCUT2D eigenvalue weighted by molar-refractivity contribution is 7.99. The van der Waals surface area contributed by atoms with Gasteiger partial charge in [0.05, 0.1) is 12.1 Å². The lowest BCUT2D eigenvalue weighted by molar-refractivity contribution is -0.117. The number of pyridine rings is 1. The van der Waals surface area contributed by atoms with Gasteiger partial charge in [-0.1, -0.05) is 0 Å². The average Bonchev–Trinajstić information content (AvgIpc) is 2.41. The van der Waals surface area contributed by atoms with Crippen molar-refractivity contribution < 1.29 is 9.53 Å². The van der Waals surface area contributed by atoms with E-state index >= 15 is 0 Å². The summed E-state index contributed by atoms with van der Waals surface area (Å²) < 4.78 is 5.58. The average molecular weight is 281 g/mol. The number of anilines is 1. The molecule has 5 nitrogen and oxygen atoms in total. The van der Waals surface area contributed by atoms with Crippen LogP contribution in [-0.2, 0) is 4.79 Å². The molecule has 1 atom stereocenters. The molecule has 1 aliphatic rings. The molecular weight excluding hydrogens is 262 g/mol. The Bertz CT molecular complexity index is 434. The third-order valence-corrected chi connectivity index (χ3v) is 3.68. The van der Waals surface area contributed by atoms with Crippen LogP contribution in [0.1, 0.15) is 13.8 Å². The van der Waals surface area contributed by atoms with E-state index < -0.39 is 0 Å². The molecular formula is C13H19N3O2S. The molecule has 0 spiro atoms. The Kier molecular flexibility index (Phi) is 5.04. The van der Waals surface area contributed by atoms with Crippen LogP contribution in [0, 0.1) is 0 Å².